The van der Waals surface area contributed by atoms with Crippen LogP contribution >= 0.6 is 23.2 Å². The van der Waals surface area contributed by atoms with Gasteiger partial charge in [0, 0.05) is 34.6 Å². The number of ether oxygens (including phenoxy) is 1. The van der Waals surface area contributed by atoms with Crippen molar-refractivity contribution in [3.8, 4) is 5.75 Å². The number of halogens is 2. The molecule has 3 rings (SSSR count). The summed E-state index contributed by atoms with van der Waals surface area (Å²) in [6, 6.07) is 21.3. The molecule has 0 fully saturated rings. The van der Waals surface area contributed by atoms with Crippen LogP contribution in [-0.4, -0.2) is 35.9 Å². The van der Waals surface area contributed by atoms with Gasteiger partial charge in [-0.2, -0.15) is 0 Å². The Kier molecular flexibility index (Phi) is 9.58. The number of rotatable bonds is 10. The zero-order valence-corrected chi connectivity index (χ0v) is 21.6. The Morgan fingerprint density at radius 3 is 2.09 bits per heavy atom. The van der Waals surface area contributed by atoms with Crippen LogP contribution in [0, 0.1) is 0 Å². The molecule has 35 heavy (non-hydrogen) atoms. The molecule has 5 nitrogen and oxygen atoms in total. The molecule has 184 valence electrons. The van der Waals surface area contributed by atoms with Crippen molar-refractivity contribution in [1.29, 1.82) is 0 Å². The fourth-order valence-corrected chi connectivity index (χ4v) is 4.32. The molecule has 0 spiro atoms. The normalized spacial score (nSPS) is 11.7. The van der Waals surface area contributed by atoms with Gasteiger partial charge in [-0.25, -0.2) is 0 Å². The maximum Gasteiger partial charge on any atom is 0.243 e. The van der Waals surface area contributed by atoms with E-state index in [9.17, 15) is 9.59 Å². The molecule has 0 aliphatic rings. The lowest BCUT2D eigenvalue weighted by Crippen LogP contribution is -2.52. The molecule has 0 unspecified atom stereocenters. The first kappa shape index (κ1) is 26.6. The zero-order chi connectivity index (χ0) is 25.4. The van der Waals surface area contributed by atoms with Gasteiger partial charge < -0.3 is 15.0 Å². The van der Waals surface area contributed by atoms with E-state index in [1.807, 2.05) is 68.4 Å². The third-order valence-corrected chi connectivity index (χ3v) is 6.31. The number of carbonyl (C=O) groups is 2. The van der Waals surface area contributed by atoms with E-state index in [-0.39, 0.29) is 30.8 Å². The second-order valence-electron chi connectivity index (χ2n) is 8.62. The number of methoxy groups -OCH3 is 1. The van der Waals surface area contributed by atoms with Gasteiger partial charge in [0.1, 0.15) is 11.8 Å². The summed E-state index contributed by atoms with van der Waals surface area (Å²) in [6.07, 6.45) is 0.474. The first-order valence-corrected chi connectivity index (χ1v) is 12.2. The van der Waals surface area contributed by atoms with Crippen LogP contribution in [-0.2, 0) is 29.0 Å². The second-order valence-corrected chi connectivity index (χ2v) is 9.43. The van der Waals surface area contributed by atoms with E-state index in [0.717, 1.165) is 11.1 Å². The summed E-state index contributed by atoms with van der Waals surface area (Å²) in [5, 5.41) is 3.87. The Labute approximate surface area is 217 Å². The van der Waals surface area contributed by atoms with Crippen LogP contribution in [0.1, 0.15) is 30.5 Å². The van der Waals surface area contributed by atoms with Crippen LogP contribution in [0.5, 0.6) is 5.75 Å². The Morgan fingerprint density at radius 2 is 1.51 bits per heavy atom. The second kappa shape index (κ2) is 12.6. The third-order valence-electron chi connectivity index (χ3n) is 5.61. The Hall–Kier alpha value is -3.02. The monoisotopic (exact) mass is 512 g/mol. The molecule has 3 aromatic carbocycles. The first-order chi connectivity index (χ1) is 16.8. The summed E-state index contributed by atoms with van der Waals surface area (Å²) in [4.78, 5) is 28.7. The smallest absolute Gasteiger partial charge is 0.243 e. The quantitative estimate of drug-likeness (QED) is 0.378. The minimum atomic E-state index is -0.752. The number of nitrogens with zero attached hydrogens (tertiary/aromatic N) is 1. The van der Waals surface area contributed by atoms with E-state index in [2.05, 4.69) is 5.32 Å². The number of benzene rings is 3. The first-order valence-electron chi connectivity index (χ1n) is 11.5. The Bertz CT molecular complexity index is 1110. The maximum atomic E-state index is 13.7. The standard InChI is InChI=1S/C28H30Cl2N2O3/c1-19(2)31-28(34)26(16-20-8-5-4-6-9-20)32(18-23-24(29)10-7-11-25(23)30)27(33)17-21-12-14-22(35-3)15-13-21/h4-15,19,26H,16-18H2,1-3H3,(H,31,34)/t26-/m0/s1. The predicted octanol–water partition coefficient (Wildman–Crippen LogP) is 5.71. The van der Waals surface area contributed by atoms with Crippen molar-refractivity contribution in [2.24, 2.45) is 0 Å². The molecule has 3 aromatic rings. The van der Waals surface area contributed by atoms with Crippen molar-refractivity contribution in [2.45, 2.75) is 45.3 Å². The summed E-state index contributed by atoms with van der Waals surface area (Å²) < 4.78 is 5.22. The highest BCUT2D eigenvalue weighted by Gasteiger charge is 2.31. The van der Waals surface area contributed by atoms with Crippen molar-refractivity contribution in [1.82, 2.24) is 10.2 Å². The van der Waals surface area contributed by atoms with Gasteiger partial charge in [-0.1, -0.05) is 71.7 Å². The van der Waals surface area contributed by atoms with E-state index in [1.54, 1.807) is 30.2 Å². The minimum Gasteiger partial charge on any atom is -0.497 e. The topological polar surface area (TPSA) is 58.6 Å². The Morgan fingerprint density at radius 1 is 0.886 bits per heavy atom. The lowest BCUT2D eigenvalue weighted by Gasteiger charge is -2.32. The average Bonchev–Trinajstić information content (AvgIpc) is 2.83. The maximum absolute atomic E-state index is 13.7. The van der Waals surface area contributed by atoms with Crippen LogP contribution in [0.25, 0.3) is 0 Å². The van der Waals surface area contributed by atoms with Gasteiger partial charge in [0.25, 0.3) is 0 Å². The van der Waals surface area contributed by atoms with Gasteiger partial charge in [-0.05, 0) is 49.2 Å². The molecule has 1 N–H and O–H groups in total. The van der Waals surface area contributed by atoms with E-state index < -0.39 is 6.04 Å². The highest BCUT2D eigenvalue weighted by Crippen LogP contribution is 2.27. The van der Waals surface area contributed by atoms with Gasteiger partial charge in [0.2, 0.25) is 11.8 Å². The van der Waals surface area contributed by atoms with Crippen molar-refractivity contribution < 1.29 is 14.3 Å². The number of carbonyl (C=O) groups excluding carboxylic acids is 2. The molecular weight excluding hydrogens is 483 g/mol. The molecule has 7 heteroatoms. The molecular formula is C28H30Cl2N2O3. The van der Waals surface area contributed by atoms with E-state index in [4.69, 9.17) is 27.9 Å². The summed E-state index contributed by atoms with van der Waals surface area (Å²) in [7, 11) is 1.59. The van der Waals surface area contributed by atoms with Gasteiger partial charge in [0.15, 0.2) is 0 Å². The van der Waals surface area contributed by atoms with Gasteiger partial charge in [-0.15, -0.1) is 0 Å². The summed E-state index contributed by atoms with van der Waals surface area (Å²) >= 11 is 12.9. The minimum absolute atomic E-state index is 0.0804. The zero-order valence-electron chi connectivity index (χ0n) is 20.1. The molecule has 0 saturated carbocycles. The SMILES string of the molecule is COc1ccc(CC(=O)N(Cc2c(Cl)cccc2Cl)[C@@H](Cc2ccccc2)C(=O)NC(C)C)cc1. The van der Waals surface area contributed by atoms with Crippen molar-refractivity contribution in [2.75, 3.05) is 7.11 Å². The van der Waals surface area contributed by atoms with Crippen molar-refractivity contribution >= 4 is 35.0 Å². The highest BCUT2D eigenvalue weighted by atomic mass is 35.5. The van der Waals surface area contributed by atoms with Crippen LogP contribution < -0.4 is 10.1 Å². The molecule has 0 bridgehead atoms. The number of nitrogens with one attached hydrogen (secondary N) is 1. The largest absolute Gasteiger partial charge is 0.497 e. The van der Waals surface area contributed by atoms with Crippen molar-refractivity contribution in [3.05, 3.63) is 99.5 Å². The third kappa shape index (κ3) is 7.48. The number of amides is 2. The lowest BCUT2D eigenvalue weighted by atomic mass is 10.0. The van der Waals surface area contributed by atoms with Gasteiger partial charge in [-0.3, -0.25) is 9.59 Å². The highest BCUT2D eigenvalue weighted by molar-refractivity contribution is 6.36. The molecule has 0 aliphatic heterocycles. The fourth-order valence-electron chi connectivity index (χ4n) is 3.81. The molecule has 0 saturated heterocycles. The van der Waals surface area contributed by atoms with Crippen LogP contribution in [0.2, 0.25) is 10.0 Å². The number of hydrogen-bond acceptors (Lipinski definition) is 3. The Balaban J connectivity index is 2.00. The van der Waals surface area contributed by atoms with Crippen LogP contribution in [0.15, 0.2) is 72.8 Å². The molecule has 2 amide bonds. The molecule has 0 aliphatic carbocycles. The average molecular weight is 513 g/mol. The van der Waals surface area contributed by atoms with E-state index in [1.165, 1.54) is 0 Å². The molecule has 0 aromatic heterocycles. The van der Waals surface area contributed by atoms with Gasteiger partial charge >= 0.3 is 0 Å². The number of hydrogen-bond donors (Lipinski definition) is 1. The van der Waals surface area contributed by atoms with Crippen molar-refractivity contribution in [3.63, 3.8) is 0 Å². The van der Waals surface area contributed by atoms with Crippen LogP contribution in [0.4, 0.5) is 0 Å². The molecule has 0 heterocycles. The fraction of sp³-hybridized carbons (Fsp3) is 0.286. The molecule has 1 atom stereocenters. The van der Waals surface area contributed by atoms with E-state index >= 15 is 0 Å². The van der Waals surface area contributed by atoms with Gasteiger partial charge in [0.05, 0.1) is 13.5 Å². The lowest BCUT2D eigenvalue weighted by molar-refractivity contribution is -0.141. The molecule has 0 radical (unpaired) electrons. The summed E-state index contributed by atoms with van der Waals surface area (Å²) in [5.41, 5.74) is 2.37. The summed E-state index contributed by atoms with van der Waals surface area (Å²) in [5.74, 6) is 0.278. The summed E-state index contributed by atoms with van der Waals surface area (Å²) in [6.45, 7) is 3.90. The predicted molar refractivity (Wildman–Crippen MR) is 141 cm³/mol. The van der Waals surface area contributed by atoms with E-state index in [0.29, 0.717) is 27.8 Å². The van der Waals surface area contributed by atoms with Crippen LogP contribution in [0.3, 0.4) is 0 Å².